The Hall–Kier alpha value is -0.960. The predicted molar refractivity (Wildman–Crippen MR) is 63.0 cm³/mol. The quantitative estimate of drug-likeness (QED) is 0.454. The molecule has 0 radical (unpaired) electrons. The maximum absolute atomic E-state index is 7.43. The Balaban J connectivity index is 2.77. The van der Waals surface area contributed by atoms with Gasteiger partial charge in [-0.3, -0.25) is 5.41 Å². The van der Waals surface area contributed by atoms with E-state index in [-0.39, 0.29) is 11.1 Å². The van der Waals surface area contributed by atoms with Crippen LogP contribution in [0.3, 0.4) is 0 Å². The Morgan fingerprint density at radius 2 is 2.14 bits per heavy atom. The van der Waals surface area contributed by atoms with Crippen molar-refractivity contribution in [2.45, 2.75) is 30.4 Å². The lowest BCUT2D eigenvalue weighted by molar-refractivity contribution is 0.990. The van der Waals surface area contributed by atoms with Gasteiger partial charge in [-0.05, 0) is 25.0 Å². The number of benzene rings is 1. The monoisotopic (exact) mass is 208 g/mol. The molecule has 0 aromatic heterocycles. The molecular formula is C11H16N2S. The third-order valence-corrected chi connectivity index (χ3v) is 3.66. The highest BCUT2D eigenvalue weighted by molar-refractivity contribution is 8.00. The van der Waals surface area contributed by atoms with Crippen molar-refractivity contribution in [3.05, 3.63) is 29.8 Å². The summed E-state index contributed by atoms with van der Waals surface area (Å²) in [5, 5.41) is 7.54. The molecule has 0 bridgehead atoms. The summed E-state index contributed by atoms with van der Waals surface area (Å²) in [5.41, 5.74) is 6.75. The number of thioether (sulfide) groups is 1. The van der Waals surface area contributed by atoms with Crippen LogP contribution in [0.5, 0.6) is 0 Å². The summed E-state index contributed by atoms with van der Waals surface area (Å²) in [4.78, 5) is 1.22. The highest BCUT2D eigenvalue weighted by Crippen LogP contribution is 2.27. The molecule has 76 valence electrons. The minimum atomic E-state index is 0.107. The van der Waals surface area contributed by atoms with E-state index in [0.717, 1.165) is 6.42 Å². The molecule has 0 fully saturated rings. The van der Waals surface area contributed by atoms with E-state index in [4.69, 9.17) is 11.1 Å². The fourth-order valence-electron chi connectivity index (χ4n) is 1.21. The minimum absolute atomic E-state index is 0.107. The van der Waals surface area contributed by atoms with Crippen LogP contribution >= 0.6 is 11.8 Å². The van der Waals surface area contributed by atoms with Gasteiger partial charge in [-0.25, -0.2) is 0 Å². The van der Waals surface area contributed by atoms with Crippen LogP contribution in [-0.4, -0.2) is 11.1 Å². The standard InChI is InChI=1S/C11H16N2S/c1-3-9(11(12)13)14-10-7-5-4-6-8(10)2/h4-7,9H,3H2,1-2H3,(H3,12,13). The van der Waals surface area contributed by atoms with Crippen molar-refractivity contribution in [3.63, 3.8) is 0 Å². The maximum atomic E-state index is 7.43. The van der Waals surface area contributed by atoms with Crippen molar-refractivity contribution in [2.75, 3.05) is 0 Å². The van der Waals surface area contributed by atoms with Crippen LogP contribution < -0.4 is 5.73 Å². The third kappa shape index (κ3) is 2.77. The first-order valence-corrected chi connectivity index (χ1v) is 5.59. The van der Waals surface area contributed by atoms with Crippen molar-refractivity contribution in [1.29, 1.82) is 5.41 Å². The van der Waals surface area contributed by atoms with Gasteiger partial charge < -0.3 is 5.73 Å². The van der Waals surface area contributed by atoms with E-state index >= 15 is 0 Å². The molecule has 1 rings (SSSR count). The van der Waals surface area contributed by atoms with Crippen molar-refractivity contribution >= 4 is 17.6 Å². The van der Waals surface area contributed by atoms with Gasteiger partial charge in [0.2, 0.25) is 0 Å². The topological polar surface area (TPSA) is 49.9 Å². The number of hydrogen-bond acceptors (Lipinski definition) is 2. The van der Waals surface area contributed by atoms with E-state index in [1.165, 1.54) is 10.5 Å². The van der Waals surface area contributed by atoms with Gasteiger partial charge in [-0.2, -0.15) is 0 Å². The minimum Gasteiger partial charge on any atom is -0.387 e. The van der Waals surface area contributed by atoms with Crippen LogP contribution in [-0.2, 0) is 0 Å². The largest absolute Gasteiger partial charge is 0.387 e. The molecule has 0 aliphatic carbocycles. The first-order valence-electron chi connectivity index (χ1n) is 4.71. The molecule has 1 aromatic carbocycles. The first kappa shape index (κ1) is 11.1. The Morgan fingerprint density at radius 1 is 1.50 bits per heavy atom. The van der Waals surface area contributed by atoms with Gasteiger partial charge >= 0.3 is 0 Å². The predicted octanol–water partition coefficient (Wildman–Crippen LogP) is 2.80. The molecule has 0 spiro atoms. The fraction of sp³-hybridized carbons (Fsp3) is 0.364. The average Bonchev–Trinajstić information content (AvgIpc) is 2.16. The maximum Gasteiger partial charge on any atom is 0.104 e. The van der Waals surface area contributed by atoms with Crippen LogP contribution in [0.1, 0.15) is 18.9 Å². The molecular weight excluding hydrogens is 192 g/mol. The molecule has 1 atom stereocenters. The fourth-order valence-corrected chi connectivity index (χ4v) is 2.22. The van der Waals surface area contributed by atoms with Crippen LogP contribution in [0.2, 0.25) is 0 Å². The van der Waals surface area contributed by atoms with Gasteiger partial charge in [0.05, 0.1) is 5.25 Å². The molecule has 3 N–H and O–H groups in total. The van der Waals surface area contributed by atoms with Gasteiger partial charge in [-0.1, -0.05) is 25.1 Å². The number of rotatable bonds is 4. The van der Waals surface area contributed by atoms with E-state index in [9.17, 15) is 0 Å². The molecule has 2 nitrogen and oxygen atoms in total. The van der Waals surface area contributed by atoms with Gasteiger partial charge in [0.15, 0.2) is 0 Å². The summed E-state index contributed by atoms with van der Waals surface area (Å²) < 4.78 is 0. The van der Waals surface area contributed by atoms with E-state index in [0.29, 0.717) is 0 Å². The molecule has 0 saturated heterocycles. The number of amidine groups is 1. The average molecular weight is 208 g/mol. The van der Waals surface area contributed by atoms with Crippen LogP contribution in [0.15, 0.2) is 29.2 Å². The summed E-state index contributed by atoms with van der Waals surface area (Å²) in [6.07, 6.45) is 0.897. The van der Waals surface area contributed by atoms with Crippen molar-refractivity contribution in [3.8, 4) is 0 Å². The SMILES string of the molecule is CCC(Sc1ccccc1C)C(=N)N. The smallest absolute Gasteiger partial charge is 0.104 e. The Bertz CT molecular complexity index is 323. The van der Waals surface area contributed by atoms with Gasteiger partial charge in [0.25, 0.3) is 0 Å². The van der Waals surface area contributed by atoms with E-state index in [1.807, 2.05) is 12.1 Å². The molecule has 1 aromatic rings. The zero-order valence-corrected chi connectivity index (χ0v) is 9.40. The number of aryl methyl sites for hydroxylation is 1. The van der Waals surface area contributed by atoms with E-state index in [2.05, 4.69) is 26.0 Å². The molecule has 0 aliphatic heterocycles. The Kier molecular flexibility index (Phi) is 4.01. The summed E-state index contributed by atoms with van der Waals surface area (Å²) in [6.45, 7) is 4.13. The Morgan fingerprint density at radius 3 is 2.64 bits per heavy atom. The molecule has 1 unspecified atom stereocenters. The molecule has 0 aliphatic rings. The highest BCUT2D eigenvalue weighted by Gasteiger charge is 2.11. The third-order valence-electron chi connectivity index (χ3n) is 2.08. The summed E-state index contributed by atoms with van der Waals surface area (Å²) in [6, 6.07) is 8.19. The zero-order valence-electron chi connectivity index (χ0n) is 8.58. The second kappa shape index (κ2) is 5.05. The van der Waals surface area contributed by atoms with E-state index < -0.39 is 0 Å². The Labute approximate surface area is 89.4 Å². The summed E-state index contributed by atoms with van der Waals surface area (Å²) >= 11 is 1.67. The van der Waals surface area contributed by atoms with Crippen LogP contribution in [0.25, 0.3) is 0 Å². The van der Waals surface area contributed by atoms with Crippen molar-refractivity contribution in [2.24, 2.45) is 5.73 Å². The van der Waals surface area contributed by atoms with Crippen molar-refractivity contribution in [1.82, 2.24) is 0 Å². The molecule has 0 saturated carbocycles. The normalized spacial score (nSPS) is 12.4. The van der Waals surface area contributed by atoms with Crippen molar-refractivity contribution < 1.29 is 0 Å². The number of nitrogens with two attached hydrogens (primary N) is 1. The highest BCUT2D eigenvalue weighted by atomic mass is 32.2. The van der Waals surface area contributed by atoms with Gasteiger partial charge in [0, 0.05) is 4.90 Å². The van der Waals surface area contributed by atoms with E-state index in [1.54, 1.807) is 11.8 Å². The molecule has 14 heavy (non-hydrogen) atoms. The lowest BCUT2D eigenvalue weighted by Crippen LogP contribution is -2.24. The second-order valence-corrected chi connectivity index (χ2v) is 4.48. The molecule has 3 heteroatoms. The first-order chi connectivity index (χ1) is 6.65. The second-order valence-electron chi connectivity index (χ2n) is 3.24. The number of nitrogens with one attached hydrogen (secondary N) is 1. The van der Waals surface area contributed by atoms with Crippen LogP contribution in [0.4, 0.5) is 0 Å². The molecule has 0 heterocycles. The van der Waals surface area contributed by atoms with Gasteiger partial charge in [-0.15, -0.1) is 11.8 Å². The lowest BCUT2D eigenvalue weighted by atomic mass is 10.2. The molecule has 0 amide bonds. The lowest BCUT2D eigenvalue weighted by Gasteiger charge is -2.13. The zero-order chi connectivity index (χ0) is 10.6. The number of hydrogen-bond donors (Lipinski definition) is 2. The summed E-state index contributed by atoms with van der Waals surface area (Å²) in [7, 11) is 0. The van der Waals surface area contributed by atoms with Gasteiger partial charge in [0.1, 0.15) is 5.84 Å². The summed E-state index contributed by atoms with van der Waals surface area (Å²) in [5.74, 6) is 0.265. The van der Waals surface area contributed by atoms with Crippen LogP contribution in [0, 0.1) is 12.3 Å².